The average Bonchev–Trinajstić information content (AvgIpc) is 2.80. The van der Waals surface area contributed by atoms with E-state index in [4.69, 9.17) is 19.7 Å². The summed E-state index contributed by atoms with van der Waals surface area (Å²) < 4.78 is 9.89. The first kappa shape index (κ1) is 32.3. The Balaban J connectivity index is 4.18. The Morgan fingerprint density at radius 1 is 0.556 bits per heavy atom. The van der Waals surface area contributed by atoms with Gasteiger partial charge in [0.15, 0.2) is 0 Å². The molecule has 0 aromatic rings. The van der Waals surface area contributed by atoms with Crippen LogP contribution in [0.1, 0.15) is 66.2 Å². The molecule has 0 aliphatic rings. The molecule has 0 aromatic heterocycles. The molecule has 198 valence electrons. The third-order valence-electron chi connectivity index (χ3n) is 4.92. The molecule has 0 saturated heterocycles. The highest BCUT2D eigenvalue weighted by molar-refractivity contribution is 5.91. The van der Waals surface area contributed by atoms with Gasteiger partial charge in [-0.15, -0.1) is 0 Å². The second-order valence-electron chi connectivity index (χ2n) is 8.40. The number of esters is 2. The molecule has 0 radical (unpaired) electrons. The molecule has 0 aromatic carbocycles. The SMILES string of the molecule is C/C(=C\CC/C(C)=C/COC(=O)/C=C\C(=O)O)CC/C=C(\C)CC/C=C(\C)COC(=O)/C=C\C(=O)O. The van der Waals surface area contributed by atoms with Crippen molar-refractivity contribution in [2.24, 2.45) is 0 Å². The van der Waals surface area contributed by atoms with Gasteiger partial charge in [-0.1, -0.05) is 34.9 Å². The van der Waals surface area contributed by atoms with Gasteiger partial charge in [0.25, 0.3) is 0 Å². The smallest absolute Gasteiger partial charge is 0.331 e. The van der Waals surface area contributed by atoms with E-state index < -0.39 is 23.9 Å². The third kappa shape index (κ3) is 20.9. The van der Waals surface area contributed by atoms with Crippen LogP contribution in [0.25, 0.3) is 0 Å². The molecule has 0 fully saturated rings. The van der Waals surface area contributed by atoms with Crippen LogP contribution in [0.4, 0.5) is 0 Å². The summed E-state index contributed by atoms with van der Waals surface area (Å²) in [5, 5.41) is 16.9. The van der Waals surface area contributed by atoms with E-state index in [1.807, 2.05) is 26.0 Å². The van der Waals surface area contributed by atoms with Crippen molar-refractivity contribution in [3.8, 4) is 0 Å². The van der Waals surface area contributed by atoms with Gasteiger partial charge >= 0.3 is 23.9 Å². The number of aliphatic carboxylic acids is 2. The monoisotopic (exact) mass is 502 g/mol. The first-order valence-corrected chi connectivity index (χ1v) is 11.8. The zero-order chi connectivity index (χ0) is 27.3. The molecule has 0 bridgehead atoms. The Labute approximate surface area is 213 Å². The van der Waals surface area contributed by atoms with Crippen LogP contribution < -0.4 is 0 Å². The maximum atomic E-state index is 11.4. The molecule has 0 rings (SSSR count). The van der Waals surface area contributed by atoms with Gasteiger partial charge in [0.2, 0.25) is 0 Å². The van der Waals surface area contributed by atoms with Gasteiger partial charge in [-0.3, -0.25) is 0 Å². The lowest BCUT2D eigenvalue weighted by molar-refractivity contribution is -0.138. The average molecular weight is 503 g/mol. The molecule has 0 saturated carbocycles. The standard InChI is InChI=1S/C28H38O8/c1-21(10-6-12-23(3)18-19-35-27(33)16-14-25(29)30)8-5-9-22(2)11-7-13-24(4)20-36-28(34)17-15-26(31)32/h9-10,13-18H,5-8,11-12,19-20H2,1-4H3,(H,29,30)(H,31,32)/b16-14-,17-15-,21-10+,22-9+,23-18+,24-13+. The molecule has 36 heavy (non-hydrogen) atoms. The van der Waals surface area contributed by atoms with E-state index >= 15 is 0 Å². The molecule has 0 amide bonds. The first-order valence-electron chi connectivity index (χ1n) is 11.8. The Kier molecular flexibility index (Phi) is 17.6. The van der Waals surface area contributed by atoms with Crippen molar-refractivity contribution in [3.05, 3.63) is 70.9 Å². The zero-order valence-corrected chi connectivity index (χ0v) is 21.6. The molecule has 0 aliphatic carbocycles. The summed E-state index contributed by atoms with van der Waals surface area (Å²) in [6.45, 7) is 8.29. The van der Waals surface area contributed by atoms with Gasteiger partial charge in [0.1, 0.15) is 13.2 Å². The van der Waals surface area contributed by atoms with Gasteiger partial charge < -0.3 is 19.7 Å². The van der Waals surface area contributed by atoms with E-state index in [1.54, 1.807) is 0 Å². The zero-order valence-electron chi connectivity index (χ0n) is 21.6. The van der Waals surface area contributed by atoms with Crippen molar-refractivity contribution in [1.29, 1.82) is 0 Å². The minimum absolute atomic E-state index is 0.116. The number of ether oxygens (including phenoxy) is 2. The van der Waals surface area contributed by atoms with Gasteiger partial charge in [0, 0.05) is 24.3 Å². The Bertz CT molecular complexity index is 929. The van der Waals surface area contributed by atoms with Crippen molar-refractivity contribution < 1.29 is 38.9 Å². The van der Waals surface area contributed by atoms with E-state index in [1.165, 1.54) is 11.1 Å². The lowest BCUT2D eigenvalue weighted by atomic mass is 10.0. The van der Waals surface area contributed by atoms with Crippen LogP contribution in [0.5, 0.6) is 0 Å². The Morgan fingerprint density at radius 2 is 0.944 bits per heavy atom. The van der Waals surface area contributed by atoms with Crippen LogP contribution in [-0.4, -0.2) is 47.3 Å². The van der Waals surface area contributed by atoms with Crippen LogP contribution in [0.3, 0.4) is 0 Å². The number of allylic oxidation sites excluding steroid dienone is 6. The molecule has 0 heterocycles. The van der Waals surface area contributed by atoms with Crippen molar-refractivity contribution in [1.82, 2.24) is 0 Å². The van der Waals surface area contributed by atoms with Crippen molar-refractivity contribution in [2.75, 3.05) is 13.2 Å². The predicted molar refractivity (Wildman–Crippen MR) is 138 cm³/mol. The summed E-state index contributed by atoms with van der Waals surface area (Å²) >= 11 is 0. The van der Waals surface area contributed by atoms with E-state index in [-0.39, 0.29) is 13.2 Å². The summed E-state index contributed by atoms with van der Waals surface area (Å²) in [5.41, 5.74) is 4.61. The molecule has 8 nitrogen and oxygen atoms in total. The summed E-state index contributed by atoms with van der Waals surface area (Å²) in [6, 6.07) is 0. The predicted octanol–water partition coefficient (Wildman–Crippen LogP) is 5.48. The fraction of sp³-hybridized carbons (Fsp3) is 0.429. The normalized spacial score (nSPS) is 13.3. The van der Waals surface area contributed by atoms with Crippen molar-refractivity contribution >= 4 is 23.9 Å². The highest BCUT2D eigenvalue weighted by Crippen LogP contribution is 2.13. The van der Waals surface area contributed by atoms with Gasteiger partial charge in [-0.05, 0) is 77.9 Å². The number of carbonyl (C=O) groups is 4. The maximum absolute atomic E-state index is 11.4. The first-order chi connectivity index (χ1) is 17.0. The number of carboxylic acid groups (broad SMARTS) is 2. The highest BCUT2D eigenvalue weighted by Gasteiger charge is 2.00. The lowest BCUT2D eigenvalue weighted by Crippen LogP contribution is -2.04. The van der Waals surface area contributed by atoms with Crippen molar-refractivity contribution in [2.45, 2.75) is 66.2 Å². The van der Waals surface area contributed by atoms with E-state index in [0.717, 1.165) is 74.0 Å². The van der Waals surface area contributed by atoms with Gasteiger partial charge in [-0.2, -0.15) is 0 Å². The molecule has 8 heteroatoms. The minimum atomic E-state index is -1.19. The summed E-state index contributed by atoms with van der Waals surface area (Å²) in [6.07, 6.45) is 17.0. The number of hydrogen-bond acceptors (Lipinski definition) is 6. The quantitative estimate of drug-likeness (QED) is 0.152. The fourth-order valence-electron chi connectivity index (χ4n) is 2.83. The molecule has 0 aliphatic heterocycles. The number of carboxylic acids is 2. The molecular formula is C28H38O8. The topological polar surface area (TPSA) is 127 Å². The van der Waals surface area contributed by atoms with Crippen LogP contribution in [0.15, 0.2) is 70.9 Å². The lowest BCUT2D eigenvalue weighted by Gasteiger charge is -2.04. The second kappa shape index (κ2) is 19.6. The van der Waals surface area contributed by atoms with Crippen LogP contribution in [0, 0.1) is 0 Å². The van der Waals surface area contributed by atoms with E-state index in [9.17, 15) is 19.2 Å². The van der Waals surface area contributed by atoms with Crippen LogP contribution >= 0.6 is 0 Å². The molecular weight excluding hydrogens is 464 g/mol. The summed E-state index contributed by atoms with van der Waals surface area (Å²) in [5.74, 6) is -3.74. The highest BCUT2D eigenvalue weighted by atomic mass is 16.5. The number of carbonyl (C=O) groups excluding carboxylic acids is 2. The molecule has 2 N–H and O–H groups in total. The van der Waals surface area contributed by atoms with E-state index in [2.05, 4.69) is 26.0 Å². The Morgan fingerprint density at radius 3 is 1.39 bits per heavy atom. The molecule has 0 spiro atoms. The number of hydrogen-bond donors (Lipinski definition) is 2. The largest absolute Gasteiger partial charge is 0.478 e. The van der Waals surface area contributed by atoms with Gasteiger partial charge in [-0.25, -0.2) is 19.2 Å². The number of rotatable bonds is 17. The fourth-order valence-corrected chi connectivity index (χ4v) is 2.83. The summed E-state index contributed by atoms with van der Waals surface area (Å²) in [4.78, 5) is 43.4. The molecule has 0 atom stereocenters. The third-order valence-corrected chi connectivity index (χ3v) is 4.92. The van der Waals surface area contributed by atoms with E-state index in [0.29, 0.717) is 0 Å². The maximum Gasteiger partial charge on any atom is 0.331 e. The van der Waals surface area contributed by atoms with Crippen LogP contribution in [-0.2, 0) is 28.7 Å². The van der Waals surface area contributed by atoms with Gasteiger partial charge in [0.05, 0.1) is 0 Å². The Hall–Kier alpha value is -3.68. The molecule has 0 unspecified atom stereocenters. The second-order valence-corrected chi connectivity index (χ2v) is 8.40. The van der Waals surface area contributed by atoms with Crippen LogP contribution in [0.2, 0.25) is 0 Å². The summed E-state index contributed by atoms with van der Waals surface area (Å²) in [7, 11) is 0. The minimum Gasteiger partial charge on any atom is -0.478 e. The van der Waals surface area contributed by atoms with Crippen molar-refractivity contribution in [3.63, 3.8) is 0 Å².